The molecule has 1 fully saturated rings. The van der Waals surface area contributed by atoms with Gasteiger partial charge in [-0.2, -0.15) is 0 Å². The summed E-state index contributed by atoms with van der Waals surface area (Å²) >= 11 is 9.35. The number of carbonyl (C=O) groups excluding carboxylic acids is 1. The van der Waals surface area contributed by atoms with Gasteiger partial charge in [0.2, 0.25) is 5.91 Å². The van der Waals surface area contributed by atoms with Gasteiger partial charge in [0, 0.05) is 4.47 Å². The fraction of sp³-hybridized carbons (Fsp3) is 0.417. The maximum atomic E-state index is 12.0. The molecule has 0 aliphatic heterocycles. The zero-order valence-electron chi connectivity index (χ0n) is 9.47. The Morgan fingerprint density at radius 1 is 1.59 bits per heavy atom. The lowest BCUT2D eigenvalue weighted by Gasteiger charge is -2.23. The molecule has 3 nitrogen and oxygen atoms in total. The van der Waals surface area contributed by atoms with Gasteiger partial charge in [0.15, 0.2) is 0 Å². The summed E-state index contributed by atoms with van der Waals surface area (Å²) in [6.07, 6.45) is 2.04. The first-order valence-electron chi connectivity index (χ1n) is 5.46. The molecule has 1 aliphatic carbocycles. The van der Waals surface area contributed by atoms with Gasteiger partial charge in [-0.3, -0.25) is 4.79 Å². The average Bonchev–Trinajstić information content (AvgIpc) is 3.05. The number of benzene rings is 1. The number of rotatable bonds is 3. The van der Waals surface area contributed by atoms with Gasteiger partial charge in [-0.1, -0.05) is 27.5 Å². The summed E-state index contributed by atoms with van der Waals surface area (Å²) in [7, 11) is 0. The molecule has 3 N–H and O–H groups in total. The fourth-order valence-electron chi connectivity index (χ4n) is 1.72. The van der Waals surface area contributed by atoms with E-state index in [0.29, 0.717) is 10.7 Å². The van der Waals surface area contributed by atoms with E-state index in [0.717, 1.165) is 17.3 Å². The molecule has 1 aromatic carbocycles. The first-order chi connectivity index (χ1) is 7.91. The van der Waals surface area contributed by atoms with E-state index in [1.54, 1.807) is 19.1 Å². The zero-order valence-corrected chi connectivity index (χ0v) is 11.8. The van der Waals surface area contributed by atoms with Gasteiger partial charge in [-0.25, -0.2) is 0 Å². The zero-order chi connectivity index (χ0) is 12.6. The van der Waals surface area contributed by atoms with Crippen molar-refractivity contribution in [2.24, 2.45) is 11.7 Å². The molecule has 17 heavy (non-hydrogen) atoms. The lowest BCUT2D eigenvalue weighted by Crippen LogP contribution is -2.50. The molecule has 0 bridgehead atoms. The number of halogens is 2. The third kappa shape index (κ3) is 2.81. The second kappa shape index (κ2) is 4.59. The third-order valence-corrected chi connectivity index (χ3v) is 3.90. The number of hydrogen-bond acceptors (Lipinski definition) is 2. The third-order valence-electron chi connectivity index (χ3n) is 3.09. The van der Waals surface area contributed by atoms with Crippen LogP contribution in [0.4, 0.5) is 5.69 Å². The van der Waals surface area contributed by atoms with Crippen LogP contribution >= 0.6 is 27.5 Å². The monoisotopic (exact) mass is 316 g/mol. The Morgan fingerprint density at radius 2 is 2.24 bits per heavy atom. The minimum atomic E-state index is -0.809. The van der Waals surface area contributed by atoms with Gasteiger partial charge in [0.1, 0.15) is 0 Å². The van der Waals surface area contributed by atoms with Crippen molar-refractivity contribution < 1.29 is 4.79 Å². The van der Waals surface area contributed by atoms with Gasteiger partial charge < -0.3 is 11.1 Å². The lowest BCUT2D eigenvalue weighted by atomic mass is 9.96. The van der Waals surface area contributed by atoms with Crippen LogP contribution in [-0.2, 0) is 4.79 Å². The Hall–Kier alpha value is -0.580. The van der Waals surface area contributed by atoms with Crippen molar-refractivity contribution >= 4 is 39.1 Å². The van der Waals surface area contributed by atoms with E-state index in [2.05, 4.69) is 21.2 Å². The number of anilines is 1. The molecule has 92 valence electrons. The molecule has 1 aromatic rings. The van der Waals surface area contributed by atoms with Crippen molar-refractivity contribution in [1.82, 2.24) is 0 Å². The Bertz CT molecular complexity index is 458. The summed E-state index contributed by atoms with van der Waals surface area (Å²) in [6, 6.07) is 5.32. The largest absolute Gasteiger partial charge is 0.323 e. The van der Waals surface area contributed by atoms with Gasteiger partial charge in [0.05, 0.1) is 16.2 Å². The van der Waals surface area contributed by atoms with E-state index < -0.39 is 5.54 Å². The number of amides is 1. The summed E-state index contributed by atoms with van der Waals surface area (Å²) in [5.74, 6) is 0.112. The maximum absolute atomic E-state index is 12.0. The normalized spacial score (nSPS) is 18.6. The Balaban J connectivity index is 2.12. The lowest BCUT2D eigenvalue weighted by molar-refractivity contribution is -0.121. The molecule has 1 amide bonds. The standard InChI is InChI=1S/C12H14BrClN2O/c1-12(15,7-2-3-7)11(17)16-10-5-4-8(13)6-9(10)14/h4-7H,2-3,15H2,1H3,(H,16,17). The van der Waals surface area contributed by atoms with E-state index in [4.69, 9.17) is 17.3 Å². The number of hydrogen-bond donors (Lipinski definition) is 2. The highest BCUT2D eigenvalue weighted by Crippen LogP contribution is 2.39. The average molecular weight is 318 g/mol. The fourth-order valence-corrected chi connectivity index (χ4v) is 2.44. The molecule has 0 heterocycles. The van der Waals surface area contributed by atoms with Crippen molar-refractivity contribution in [3.63, 3.8) is 0 Å². The van der Waals surface area contributed by atoms with Gasteiger partial charge in [0.25, 0.3) is 0 Å². The van der Waals surface area contributed by atoms with Crippen LogP contribution in [0.3, 0.4) is 0 Å². The minimum absolute atomic E-state index is 0.177. The smallest absolute Gasteiger partial charge is 0.244 e. The van der Waals surface area contributed by atoms with Crippen molar-refractivity contribution in [3.05, 3.63) is 27.7 Å². The predicted molar refractivity (Wildman–Crippen MR) is 73.1 cm³/mol. The number of nitrogens with one attached hydrogen (secondary N) is 1. The van der Waals surface area contributed by atoms with E-state index in [1.807, 2.05) is 6.07 Å². The first kappa shape index (κ1) is 12.9. The summed E-state index contributed by atoms with van der Waals surface area (Å²) in [6.45, 7) is 1.77. The van der Waals surface area contributed by atoms with Crippen molar-refractivity contribution in [2.45, 2.75) is 25.3 Å². The van der Waals surface area contributed by atoms with Crippen molar-refractivity contribution in [2.75, 3.05) is 5.32 Å². The Kier molecular flexibility index (Phi) is 3.48. The van der Waals surface area contributed by atoms with Gasteiger partial charge in [-0.05, 0) is 43.9 Å². The van der Waals surface area contributed by atoms with Crippen LogP contribution in [0.15, 0.2) is 22.7 Å². The maximum Gasteiger partial charge on any atom is 0.244 e. The Morgan fingerprint density at radius 3 is 2.76 bits per heavy atom. The molecule has 2 rings (SSSR count). The number of carbonyl (C=O) groups is 1. The molecule has 1 aliphatic rings. The molecule has 1 saturated carbocycles. The van der Waals surface area contributed by atoms with Crippen LogP contribution in [0.25, 0.3) is 0 Å². The highest BCUT2D eigenvalue weighted by atomic mass is 79.9. The van der Waals surface area contributed by atoms with E-state index in [-0.39, 0.29) is 11.8 Å². The van der Waals surface area contributed by atoms with Crippen LogP contribution in [0, 0.1) is 5.92 Å². The highest BCUT2D eigenvalue weighted by molar-refractivity contribution is 9.10. The second-order valence-corrected chi connectivity index (χ2v) is 5.96. The molecule has 1 unspecified atom stereocenters. The quantitative estimate of drug-likeness (QED) is 0.899. The molecule has 0 radical (unpaired) electrons. The topological polar surface area (TPSA) is 55.1 Å². The van der Waals surface area contributed by atoms with Gasteiger partial charge >= 0.3 is 0 Å². The van der Waals surface area contributed by atoms with Crippen LogP contribution in [-0.4, -0.2) is 11.4 Å². The summed E-state index contributed by atoms with van der Waals surface area (Å²) in [5, 5.41) is 3.28. The van der Waals surface area contributed by atoms with E-state index >= 15 is 0 Å². The summed E-state index contributed by atoms with van der Waals surface area (Å²) < 4.78 is 0.873. The van der Waals surface area contributed by atoms with Crippen LogP contribution < -0.4 is 11.1 Å². The highest BCUT2D eigenvalue weighted by Gasteiger charge is 2.44. The number of nitrogens with two attached hydrogens (primary N) is 1. The molecule has 0 aromatic heterocycles. The van der Waals surface area contributed by atoms with E-state index in [1.165, 1.54) is 0 Å². The SMILES string of the molecule is CC(N)(C(=O)Nc1ccc(Br)cc1Cl)C1CC1. The van der Waals surface area contributed by atoms with Crippen LogP contribution in [0.2, 0.25) is 5.02 Å². The second-order valence-electron chi connectivity index (χ2n) is 4.64. The molecule has 5 heteroatoms. The molecular weight excluding hydrogens is 304 g/mol. The minimum Gasteiger partial charge on any atom is -0.323 e. The molecular formula is C12H14BrClN2O. The van der Waals surface area contributed by atoms with Gasteiger partial charge in [-0.15, -0.1) is 0 Å². The molecule has 1 atom stereocenters. The predicted octanol–water partition coefficient (Wildman–Crippen LogP) is 3.17. The molecule has 0 saturated heterocycles. The Labute approximate surface area is 114 Å². The van der Waals surface area contributed by atoms with E-state index in [9.17, 15) is 4.79 Å². The van der Waals surface area contributed by atoms with Crippen LogP contribution in [0.5, 0.6) is 0 Å². The summed E-state index contributed by atoms with van der Waals surface area (Å²) in [5.41, 5.74) is 5.81. The molecule has 0 spiro atoms. The van der Waals surface area contributed by atoms with Crippen LogP contribution in [0.1, 0.15) is 19.8 Å². The summed E-state index contributed by atoms with van der Waals surface area (Å²) in [4.78, 5) is 12.0. The van der Waals surface area contributed by atoms with Crippen molar-refractivity contribution in [3.8, 4) is 0 Å². The van der Waals surface area contributed by atoms with Crippen molar-refractivity contribution in [1.29, 1.82) is 0 Å². The first-order valence-corrected chi connectivity index (χ1v) is 6.63.